The second-order valence-corrected chi connectivity index (χ2v) is 8.46. The average molecular weight is 383 g/mol. The molecule has 0 saturated carbocycles. The molecule has 0 spiro atoms. The van der Waals surface area contributed by atoms with Crippen LogP contribution in [0.1, 0.15) is 24.0 Å². The second kappa shape index (κ2) is 8.33. The van der Waals surface area contributed by atoms with E-state index >= 15 is 0 Å². The zero-order chi connectivity index (χ0) is 19.3. The van der Waals surface area contributed by atoms with Gasteiger partial charge >= 0.3 is 0 Å². The van der Waals surface area contributed by atoms with Crippen molar-refractivity contribution in [1.29, 1.82) is 5.26 Å². The van der Waals surface area contributed by atoms with E-state index in [0.717, 1.165) is 5.56 Å². The molecule has 140 valence electrons. The Bertz CT molecular complexity index is 927. The third kappa shape index (κ3) is 4.54. The van der Waals surface area contributed by atoms with Crippen LogP contribution in [0.25, 0.3) is 0 Å². The highest BCUT2D eigenvalue weighted by Crippen LogP contribution is 2.24. The normalized spacial score (nSPS) is 15.8. The van der Waals surface area contributed by atoms with Crippen LogP contribution in [0.2, 0.25) is 0 Å². The summed E-state index contributed by atoms with van der Waals surface area (Å²) in [6.45, 7) is 1.10. The first kappa shape index (κ1) is 19.1. The first-order chi connectivity index (χ1) is 13.0. The number of sulfonamides is 1. The van der Waals surface area contributed by atoms with Gasteiger partial charge in [0, 0.05) is 25.6 Å². The molecule has 1 aliphatic heterocycles. The smallest absolute Gasteiger partial charge is 0.243 e. The van der Waals surface area contributed by atoms with Crippen LogP contribution in [-0.4, -0.2) is 31.7 Å². The van der Waals surface area contributed by atoms with Crippen molar-refractivity contribution in [3.8, 4) is 6.07 Å². The molecule has 0 radical (unpaired) electrons. The fourth-order valence-corrected chi connectivity index (χ4v) is 4.61. The quantitative estimate of drug-likeness (QED) is 0.858. The first-order valence-electron chi connectivity index (χ1n) is 8.82. The molecule has 0 bridgehead atoms. The van der Waals surface area contributed by atoms with Crippen molar-refractivity contribution in [2.24, 2.45) is 5.92 Å². The molecule has 0 atom stereocenters. The van der Waals surface area contributed by atoms with Gasteiger partial charge < -0.3 is 5.32 Å². The minimum atomic E-state index is -3.60. The predicted octanol–water partition coefficient (Wildman–Crippen LogP) is 2.28. The Morgan fingerprint density at radius 2 is 1.70 bits per heavy atom. The van der Waals surface area contributed by atoms with E-state index in [-0.39, 0.29) is 16.7 Å². The molecule has 0 unspecified atom stereocenters. The lowest BCUT2D eigenvalue weighted by molar-refractivity contribution is -0.126. The molecule has 27 heavy (non-hydrogen) atoms. The highest BCUT2D eigenvalue weighted by molar-refractivity contribution is 7.89. The Labute approximate surface area is 159 Å². The molecule has 0 aliphatic carbocycles. The number of nitrogens with one attached hydrogen (secondary N) is 1. The zero-order valence-electron chi connectivity index (χ0n) is 14.8. The summed E-state index contributed by atoms with van der Waals surface area (Å²) in [5.74, 6) is -0.213. The molecule has 6 nitrogen and oxygen atoms in total. The van der Waals surface area contributed by atoms with Crippen molar-refractivity contribution in [3.63, 3.8) is 0 Å². The highest BCUT2D eigenvalue weighted by atomic mass is 32.2. The minimum Gasteiger partial charge on any atom is -0.352 e. The molecule has 0 aromatic heterocycles. The molecule has 7 heteroatoms. The maximum absolute atomic E-state index is 12.7. The molecule has 1 aliphatic rings. The van der Waals surface area contributed by atoms with Crippen molar-refractivity contribution in [2.75, 3.05) is 13.1 Å². The number of rotatable bonds is 5. The number of nitrogens with zero attached hydrogens (tertiary/aromatic N) is 2. The van der Waals surface area contributed by atoms with E-state index < -0.39 is 10.0 Å². The second-order valence-electron chi connectivity index (χ2n) is 6.52. The summed E-state index contributed by atoms with van der Waals surface area (Å²) < 4.78 is 26.8. The van der Waals surface area contributed by atoms with Gasteiger partial charge in [-0.2, -0.15) is 9.57 Å². The number of hydrogen-bond donors (Lipinski definition) is 1. The third-order valence-electron chi connectivity index (χ3n) is 4.76. The topological polar surface area (TPSA) is 90.3 Å². The Kier molecular flexibility index (Phi) is 5.89. The lowest BCUT2D eigenvalue weighted by atomic mass is 9.97. The number of hydrogen-bond acceptors (Lipinski definition) is 4. The van der Waals surface area contributed by atoms with Gasteiger partial charge in [-0.05, 0) is 42.7 Å². The summed E-state index contributed by atoms with van der Waals surface area (Å²) in [5.41, 5.74) is 1.45. The van der Waals surface area contributed by atoms with E-state index in [2.05, 4.69) is 5.32 Å². The number of benzene rings is 2. The van der Waals surface area contributed by atoms with Crippen LogP contribution < -0.4 is 5.32 Å². The Hall–Kier alpha value is -2.69. The predicted molar refractivity (Wildman–Crippen MR) is 101 cm³/mol. The zero-order valence-corrected chi connectivity index (χ0v) is 15.7. The lowest BCUT2D eigenvalue weighted by Crippen LogP contribution is -2.42. The van der Waals surface area contributed by atoms with Crippen LogP contribution >= 0.6 is 0 Å². The van der Waals surface area contributed by atoms with E-state index in [1.54, 1.807) is 0 Å². The largest absolute Gasteiger partial charge is 0.352 e. The number of carbonyl (C=O) groups excluding carboxylic acids is 1. The molecule has 1 N–H and O–H groups in total. The molecular formula is C20H21N3O3S. The fraction of sp³-hybridized carbons (Fsp3) is 0.300. The Morgan fingerprint density at radius 3 is 2.30 bits per heavy atom. The number of carbonyl (C=O) groups is 1. The van der Waals surface area contributed by atoms with Gasteiger partial charge in [0.05, 0.1) is 16.5 Å². The van der Waals surface area contributed by atoms with Crippen LogP contribution in [0.5, 0.6) is 0 Å². The summed E-state index contributed by atoms with van der Waals surface area (Å²) in [6.07, 6.45) is 0.992. The van der Waals surface area contributed by atoms with Crippen molar-refractivity contribution in [3.05, 3.63) is 65.7 Å². The van der Waals surface area contributed by atoms with Crippen LogP contribution in [0.4, 0.5) is 0 Å². The first-order valence-corrected chi connectivity index (χ1v) is 10.3. The van der Waals surface area contributed by atoms with E-state index in [0.29, 0.717) is 38.0 Å². The molecule has 2 aromatic carbocycles. The van der Waals surface area contributed by atoms with Gasteiger partial charge in [-0.25, -0.2) is 8.42 Å². The molecule has 1 fully saturated rings. The summed E-state index contributed by atoms with van der Waals surface area (Å²) in [5, 5.41) is 11.8. The Balaban J connectivity index is 1.56. The van der Waals surface area contributed by atoms with Crippen molar-refractivity contribution < 1.29 is 13.2 Å². The number of nitriles is 1. The van der Waals surface area contributed by atoms with Crippen LogP contribution in [-0.2, 0) is 21.4 Å². The summed E-state index contributed by atoms with van der Waals surface area (Å²) >= 11 is 0. The van der Waals surface area contributed by atoms with E-state index in [9.17, 15) is 13.2 Å². The van der Waals surface area contributed by atoms with Crippen molar-refractivity contribution in [1.82, 2.24) is 9.62 Å². The molecule has 1 saturated heterocycles. The van der Waals surface area contributed by atoms with Gasteiger partial charge in [-0.3, -0.25) is 4.79 Å². The number of piperidine rings is 1. The SMILES string of the molecule is N#Cc1ccc(S(=O)(=O)N2CCC(C(=O)NCc3ccccc3)CC2)cc1. The maximum atomic E-state index is 12.7. The van der Waals surface area contributed by atoms with Crippen LogP contribution in [0.15, 0.2) is 59.5 Å². The average Bonchev–Trinajstić information content (AvgIpc) is 2.73. The molecule has 1 amide bonds. The summed E-state index contributed by atoms with van der Waals surface area (Å²) in [4.78, 5) is 12.5. The van der Waals surface area contributed by atoms with E-state index in [4.69, 9.17) is 5.26 Å². The third-order valence-corrected chi connectivity index (χ3v) is 6.67. The van der Waals surface area contributed by atoms with Gasteiger partial charge in [-0.1, -0.05) is 30.3 Å². The standard InChI is InChI=1S/C20H21N3O3S/c21-14-16-6-8-19(9-7-16)27(25,26)23-12-10-18(11-13-23)20(24)22-15-17-4-2-1-3-5-17/h1-9,18H,10-13,15H2,(H,22,24). The van der Waals surface area contributed by atoms with E-state index in [1.165, 1.54) is 28.6 Å². The molecule has 3 rings (SSSR count). The van der Waals surface area contributed by atoms with Gasteiger partial charge in [0.2, 0.25) is 15.9 Å². The summed E-state index contributed by atoms with van der Waals surface area (Å²) in [6, 6.07) is 17.5. The van der Waals surface area contributed by atoms with Gasteiger partial charge in [0.15, 0.2) is 0 Å². The monoisotopic (exact) mass is 383 g/mol. The van der Waals surface area contributed by atoms with Crippen LogP contribution in [0, 0.1) is 17.2 Å². The molecule has 2 aromatic rings. The maximum Gasteiger partial charge on any atom is 0.243 e. The highest BCUT2D eigenvalue weighted by Gasteiger charge is 2.31. The van der Waals surface area contributed by atoms with Crippen LogP contribution in [0.3, 0.4) is 0 Å². The summed E-state index contributed by atoms with van der Waals surface area (Å²) in [7, 11) is -3.60. The van der Waals surface area contributed by atoms with Crippen molar-refractivity contribution >= 4 is 15.9 Å². The van der Waals surface area contributed by atoms with Gasteiger partial charge in [0.1, 0.15) is 0 Å². The van der Waals surface area contributed by atoms with E-state index in [1.807, 2.05) is 36.4 Å². The Morgan fingerprint density at radius 1 is 1.07 bits per heavy atom. The molecule has 1 heterocycles. The number of amides is 1. The van der Waals surface area contributed by atoms with Gasteiger partial charge in [-0.15, -0.1) is 0 Å². The van der Waals surface area contributed by atoms with Gasteiger partial charge in [0.25, 0.3) is 0 Å². The fourth-order valence-electron chi connectivity index (χ4n) is 3.14. The lowest BCUT2D eigenvalue weighted by Gasteiger charge is -2.30. The van der Waals surface area contributed by atoms with Crippen molar-refractivity contribution in [2.45, 2.75) is 24.3 Å². The molecular weight excluding hydrogens is 362 g/mol. The minimum absolute atomic E-state index is 0.0331.